The zero-order valence-electron chi connectivity index (χ0n) is 12.2. The molecule has 0 nitrogen and oxygen atoms in total. The Bertz CT molecular complexity index is 529. The third-order valence-electron chi connectivity index (χ3n) is 3.53. The lowest BCUT2D eigenvalue weighted by molar-refractivity contribution is 0.739. The molecule has 4 aliphatic rings. The lowest BCUT2D eigenvalue weighted by Gasteiger charge is -2.28. The van der Waals surface area contributed by atoms with Crippen molar-refractivity contribution in [3.05, 3.63) is 25.4 Å². The van der Waals surface area contributed by atoms with E-state index >= 15 is 0 Å². The van der Waals surface area contributed by atoms with Gasteiger partial charge in [-0.15, -0.1) is 47.0 Å². The summed E-state index contributed by atoms with van der Waals surface area (Å²) in [6.45, 7) is 4.68. The largest absolute Gasteiger partial charge is 0.116 e. The fourth-order valence-corrected chi connectivity index (χ4v) is 15.5. The van der Waals surface area contributed by atoms with Gasteiger partial charge >= 0.3 is 0 Å². The Balaban J connectivity index is 1.50. The van der Waals surface area contributed by atoms with E-state index < -0.39 is 0 Å². The zero-order chi connectivity index (χ0) is 15.1. The van der Waals surface area contributed by atoms with Crippen LogP contribution in [0.25, 0.3) is 0 Å². The first-order valence-corrected chi connectivity index (χ1v) is 14.3. The highest BCUT2D eigenvalue weighted by molar-refractivity contribution is 8.45. The Hall–Kier alpha value is 2.02. The van der Waals surface area contributed by atoms with Crippen LogP contribution >= 0.6 is 94.1 Å². The molecule has 120 valence electrons. The molecule has 0 radical (unpaired) electrons. The predicted octanol–water partition coefficient (Wildman–Crippen LogP) is 7.84. The molecule has 0 aromatic heterocycles. The summed E-state index contributed by atoms with van der Waals surface area (Å²) < 4.78 is 9.38. The van der Waals surface area contributed by atoms with Crippen LogP contribution in [-0.4, -0.2) is 22.0 Å². The highest BCUT2D eigenvalue weighted by Crippen LogP contribution is 2.69. The van der Waals surface area contributed by atoms with Crippen molar-refractivity contribution in [3.8, 4) is 0 Å². The summed E-state index contributed by atoms with van der Waals surface area (Å²) >= 11 is 16.6. The molecular weight excluding hydrogens is 425 g/mol. The molecule has 0 unspecified atom stereocenters. The lowest BCUT2D eigenvalue weighted by atomic mass is 10.2. The summed E-state index contributed by atoms with van der Waals surface area (Å²) in [5, 5.41) is 1.60. The molecule has 4 aliphatic heterocycles. The van der Waals surface area contributed by atoms with E-state index in [4.69, 9.17) is 0 Å². The molecule has 0 saturated carbocycles. The highest BCUT2D eigenvalue weighted by atomic mass is 32.3. The maximum absolute atomic E-state index is 2.34. The first-order chi connectivity index (χ1) is 10.8. The summed E-state index contributed by atoms with van der Waals surface area (Å²) in [6, 6.07) is 0. The van der Waals surface area contributed by atoms with Crippen LogP contribution in [0.2, 0.25) is 0 Å². The molecular formula is C14H16S8. The Kier molecular flexibility index (Phi) is 6.12. The highest BCUT2D eigenvalue weighted by Gasteiger charge is 2.37. The van der Waals surface area contributed by atoms with E-state index in [1.54, 1.807) is 25.4 Å². The van der Waals surface area contributed by atoms with Crippen LogP contribution in [0.1, 0.15) is 26.7 Å². The van der Waals surface area contributed by atoms with Crippen molar-refractivity contribution in [2.24, 2.45) is 0 Å². The smallest absolute Gasteiger partial charge is 0.0717 e. The molecule has 4 heterocycles. The molecule has 2 atom stereocenters. The predicted molar refractivity (Wildman–Crippen MR) is 120 cm³/mol. The normalized spacial score (nSPS) is 31.9. The second-order valence-corrected chi connectivity index (χ2v) is 15.3. The Morgan fingerprint density at radius 1 is 0.636 bits per heavy atom. The number of hydrogen-bond acceptors (Lipinski definition) is 8. The van der Waals surface area contributed by atoms with Gasteiger partial charge in [-0.2, -0.15) is 0 Å². The topological polar surface area (TPSA) is 0 Å². The Morgan fingerprint density at radius 3 is 1.45 bits per heavy atom. The van der Waals surface area contributed by atoms with Gasteiger partial charge < -0.3 is 0 Å². The van der Waals surface area contributed by atoms with Crippen LogP contribution in [0.15, 0.2) is 25.4 Å². The molecule has 22 heavy (non-hydrogen) atoms. The first kappa shape index (κ1) is 17.4. The van der Waals surface area contributed by atoms with Crippen molar-refractivity contribution in [2.75, 3.05) is 11.5 Å². The summed E-state index contributed by atoms with van der Waals surface area (Å²) in [7, 11) is 0. The van der Waals surface area contributed by atoms with Crippen LogP contribution in [0.3, 0.4) is 0 Å². The molecule has 0 N–H and O–H groups in total. The second-order valence-electron chi connectivity index (χ2n) is 4.96. The van der Waals surface area contributed by atoms with Gasteiger partial charge in [0.1, 0.15) is 0 Å². The maximum Gasteiger partial charge on any atom is 0.0717 e. The Labute approximate surface area is 166 Å². The number of rotatable bonds is 2. The summed E-state index contributed by atoms with van der Waals surface area (Å²) in [5.41, 5.74) is 0. The van der Waals surface area contributed by atoms with Crippen molar-refractivity contribution in [3.63, 3.8) is 0 Å². The third-order valence-corrected chi connectivity index (χ3v) is 16.4. The number of hydrogen-bond donors (Lipinski definition) is 0. The molecule has 0 aromatic rings. The quantitative estimate of drug-likeness (QED) is 0.420. The van der Waals surface area contributed by atoms with Gasteiger partial charge in [-0.3, -0.25) is 0 Å². The van der Waals surface area contributed by atoms with E-state index in [2.05, 4.69) is 60.9 Å². The van der Waals surface area contributed by atoms with Crippen molar-refractivity contribution in [2.45, 2.75) is 37.2 Å². The molecule has 8 heteroatoms. The standard InChI is InChI=1S/C14H16S8/c1-3-7-8(4-2)18-12-11(17-7)21-14(22-12)13-19-9-10(20-13)16-6-5-15-9/h7-8H,3-6H2,1-2H3/t7-,8-/m0/s1. The third kappa shape index (κ3) is 3.46. The zero-order valence-corrected chi connectivity index (χ0v) is 18.8. The van der Waals surface area contributed by atoms with E-state index in [0.29, 0.717) is 0 Å². The van der Waals surface area contributed by atoms with Crippen molar-refractivity contribution in [1.29, 1.82) is 0 Å². The molecule has 0 aromatic carbocycles. The first-order valence-electron chi connectivity index (χ1n) is 7.31. The van der Waals surface area contributed by atoms with E-state index in [-0.39, 0.29) is 0 Å². The average Bonchev–Trinajstić information content (AvgIpc) is 3.16. The van der Waals surface area contributed by atoms with Gasteiger partial charge in [-0.25, -0.2) is 0 Å². The minimum Gasteiger partial charge on any atom is -0.116 e. The van der Waals surface area contributed by atoms with Gasteiger partial charge in [0.2, 0.25) is 0 Å². The molecule has 0 spiro atoms. The minimum atomic E-state index is 0.799. The van der Waals surface area contributed by atoms with E-state index in [0.717, 1.165) is 10.5 Å². The van der Waals surface area contributed by atoms with Crippen LogP contribution in [0, 0.1) is 0 Å². The summed E-state index contributed by atoms with van der Waals surface area (Å²) in [4.78, 5) is 0. The summed E-state index contributed by atoms with van der Waals surface area (Å²) in [5.74, 6) is 2.55. The van der Waals surface area contributed by atoms with Crippen molar-refractivity contribution < 1.29 is 0 Å². The molecule has 0 saturated heterocycles. The lowest BCUT2D eigenvalue weighted by Crippen LogP contribution is -2.20. The van der Waals surface area contributed by atoms with Gasteiger partial charge in [0.25, 0.3) is 0 Å². The van der Waals surface area contributed by atoms with Crippen LogP contribution in [0.5, 0.6) is 0 Å². The molecule has 4 rings (SSSR count). The molecule has 0 amide bonds. The summed E-state index contributed by atoms with van der Waals surface area (Å²) in [6.07, 6.45) is 2.58. The number of thioether (sulfide) groups is 8. The van der Waals surface area contributed by atoms with Gasteiger partial charge in [-0.05, 0) is 12.8 Å². The molecule has 0 fully saturated rings. The van der Waals surface area contributed by atoms with Crippen LogP contribution in [-0.2, 0) is 0 Å². The van der Waals surface area contributed by atoms with E-state index in [1.165, 1.54) is 24.3 Å². The van der Waals surface area contributed by atoms with Gasteiger partial charge in [0.05, 0.1) is 25.4 Å². The minimum absolute atomic E-state index is 0.799. The van der Waals surface area contributed by atoms with E-state index in [9.17, 15) is 0 Å². The fourth-order valence-electron chi connectivity index (χ4n) is 2.42. The maximum atomic E-state index is 2.34. The van der Waals surface area contributed by atoms with Crippen molar-refractivity contribution in [1.82, 2.24) is 0 Å². The van der Waals surface area contributed by atoms with Gasteiger partial charge in [-0.1, -0.05) is 60.9 Å². The SMILES string of the molecule is CC[C@@H]1SC2=C(SC(=C3SC4=C(SCCS4)S3)S2)S[C@H]1CC. The average molecular weight is 441 g/mol. The van der Waals surface area contributed by atoms with Crippen molar-refractivity contribution >= 4 is 94.1 Å². The second kappa shape index (κ2) is 7.72. The van der Waals surface area contributed by atoms with E-state index in [1.807, 2.05) is 47.0 Å². The molecule has 0 aliphatic carbocycles. The Morgan fingerprint density at radius 2 is 1.05 bits per heavy atom. The van der Waals surface area contributed by atoms with Crippen LogP contribution in [0.4, 0.5) is 0 Å². The molecule has 0 bridgehead atoms. The van der Waals surface area contributed by atoms with Crippen LogP contribution < -0.4 is 0 Å². The monoisotopic (exact) mass is 440 g/mol. The van der Waals surface area contributed by atoms with Gasteiger partial charge in [0.15, 0.2) is 0 Å². The fraction of sp³-hybridized carbons (Fsp3) is 0.571. The van der Waals surface area contributed by atoms with Gasteiger partial charge in [0, 0.05) is 22.0 Å².